The van der Waals surface area contributed by atoms with Gasteiger partial charge in [0.25, 0.3) is 0 Å². The van der Waals surface area contributed by atoms with E-state index in [0.29, 0.717) is 5.92 Å². The first kappa shape index (κ1) is 10.2. The first-order valence-electron chi connectivity index (χ1n) is 5.42. The van der Waals surface area contributed by atoms with Gasteiger partial charge < -0.3 is 4.79 Å². The van der Waals surface area contributed by atoms with Gasteiger partial charge in [0.1, 0.15) is 6.29 Å². The first-order valence-corrected chi connectivity index (χ1v) is 5.42. The molecule has 0 amide bonds. The number of carbonyl (C=O) groups excluding carboxylic acids is 1. The third kappa shape index (κ3) is 1.87. The Hall–Kier alpha value is -1.37. The Balaban J connectivity index is 2.35. The van der Waals surface area contributed by atoms with Crippen LogP contribution in [0.3, 0.4) is 0 Å². The fraction of sp³-hybridized carbons (Fsp3) is 0.357. The Labute approximate surface area is 90.8 Å². The second-order valence-electron chi connectivity index (χ2n) is 4.50. The second kappa shape index (κ2) is 4.01. The molecule has 1 nitrogen and oxygen atoms in total. The summed E-state index contributed by atoms with van der Waals surface area (Å²) in [6.07, 6.45) is 7.25. The van der Waals surface area contributed by atoms with Gasteiger partial charge >= 0.3 is 0 Å². The van der Waals surface area contributed by atoms with Crippen molar-refractivity contribution in [3.8, 4) is 0 Å². The van der Waals surface area contributed by atoms with Crippen molar-refractivity contribution in [2.24, 2.45) is 5.41 Å². The van der Waals surface area contributed by atoms with Crippen LogP contribution in [0.15, 0.2) is 42.5 Å². The van der Waals surface area contributed by atoms with Crippen molar-refractivity contribution in [1.29, 1.82) is 0 Å². The van der Waals surface area contributed by atoms with Crippen LogP contribution < -0.4 is 0 Å². The van der Waals surface area contributed by atoms with Gasteiger partial charge in [-0.25, -0.2) is 0 Å². The van der Waals surface area contributed by atoms with E-state index in [9.17, 15) is 4.79 Å². The zero-order chi connectivity index (χ0) is 10.7. The number of rotatable bonds is 2. The zero-order valence-electron chi connectivity index (χ0n) is 9.02. The van der Waals surface area contributed by atoms with Crippen molar-refractivity contribution in [1.82, 2.24) is 0 Å². The minimum atomic E-state index is -0.226. The summed E-state index contributed by atoms with van der Waals surface area (Å²) in [5, 5.41) is 0. The molecule has 0 saturated heterocycles. The molecule has 1 heteroatoms. The number of allylic oxidation sites excluding steroid dienone is 2. The summed E-state index contributed by atoms with van der Waals surface area (Å²) in [7, 11) is 0. The van der Waals surface area contributed by atoms with Crippen molar-refractivity contribution in [2.75, 3.05) is 0 Å². The molecular weight excluding hydrogens is 184 g/mol. The lowest BCUT2D eigenvalue weighted by molar-refractivity contribution is -0.116. The van der Waals surface area contributed by atoms with E-state index in [4.69, 9.17) is 0 Å². The smallest absolute Gasteiger partial charge is 0.126 e. The van der Waals surface area contributed by atoms with Crippen LogP contribution in [0.2, 0.25) is 0 Å². The van der Waals surface area contributed by atoms with Crippen molar-refractivity contribution < 1.29 is 4.79 Å². The minimum absolute atomic E-state index is 0.226. The molecule has 0 fully saturated rings. The molecule has 2 atom stereocenters. The normalized spacial score (nSPS) is 30.1. The van der Waals surface area contributed by atoms with Crippen molar-refractivity contribution in [3.63, 3.8) is 0 Å². The first-order chi connectivity index (χ1) is 7.26. The third-order valence-electron chi connectivity index (χ3n) is 3.36. The van der Waals surface area contributed by atoms with Crippen LogP contribution in [-0.4, -0.2) is 6.29 Å². The minimum Gasteiger partial charge on any atom is -0.303 e. The van der Waals surface area contributed by atoms with Gasteiger partial charge in [-0.05, 0) is 24.3 Å². The third-order valence-corrected chi connectivity index (χ3v) is 3.36. The molecule has 1 aromatic carbocycles. The van der Waals surface area contributed by atoms with Crippen LogP contribution in [0.25, 0.3) is 0 Å². The molecule has 78 valence electrons. The van der Waals surface area contributed by atoms with Gasteiger partial charge in [0.05, 0.1) is 0 Å². The fourth-order valence-corrected chi connectivity index (χ4v) is 2.31. The molecule has 0 N–H and O–H groups in total. The Morgan fingerprint density at radius 3 is 2.67 bits per heavy atom. The number of aldehydes is 1. The summed E-state index contributed by atoms with van der Waals surface area (Å²) in [6, 6.07) is 10.3. The van der Waals surface area contributed by atoms with E-state index in [1.54, 1.807) is 0 Å². The Kier molecular flexibility index (Phi) is 2.72. The Morgan fingerprint density at radius 2 is 2.00 bits per heavy atom. The largest absolute Gasteiger partial charge is 0.303 e. The monoisotopic (exact) mass is 200 g/mol. The Bertz CT molecular complexity index is 366. The van der Waals surface area contributed by atoms with E-state index in [1.165, 1.54) is 5.56 Å². The molecule has 0 aliphatic heterocycles. The quantitative estimate of drug-likeness (QED) is 0.528. The average molecular weight is 200 g/mol. The van der Waals surface area contributed by atoms with E-state index in [1.807, 2.05) is 18.2 Å². The van der Waals surface area contributed by atoms with Gasteiger partial charge in [0.15, 0.2) is 0 Å². The highest BCUT2D eigenvalue weighted by atomic mass is 16.1. The summed E-state index contributed by atoms with van der Waals surface area (Å²) in [6.45, 7) is 2.06. The van der Waals surface area contributed by atoms with E-state index in [0.717, 1.165) is 19.1 Å². The van der Waals surface area contributed by atoms with Gasteiger partial charge in [-0.3, -0.25) is 0 Å². The van der Waals surface area contributed by atoms with Crippen molar-refractivity contribution in [2.45, 2.75) is 25.7 Å². The molecule has 0 heterocycles. The molecule has 2 rings (SSSR count). The summed E-state index contributed by atoms with van der Waals surface area (Å²) in [5.74, 6) is 0.334. The second-order valence-corrected chi connectivity index (χ2v) is 4.50. The fourth-order valence-electron chi connectivity index (χ4n) is 2.31. The molecule has 1 aromatic rings. The molecule has 1 aliphatic carbocycles. The predicted molar refractivity (Wildman–Crippen MR) is 61.7 cm³/mol. The van der Waals surface area contributed by atoms with Gasteiger partial charge in [0, 0.05) is 5.41 Å². The van der Waals surface area contributed by atoms with Gasteiger partial charge in [0.2, 0.25) is 0 Å². The van der Waals surface area contributed by atoms with Crippen LogP contribution >= 0.6 is 0 Å². The van der Waals surface area contributed by atoms with Crippen LogP contribution in [0.5, 0.6) is 0 Å². The van der Waals surface area contributed by atoms with E-state index in [-0.39, 0.29) is 5.41 Å². The van der Waals surface area contributed by atoms with Gasteiger partial charge in [-0.15, -0.1) is 0 Å². The van der Waals surface area contributed by atoms with E-state index < -0.39 is 0 Å². The number of benzene rings is 1. The lowest BCUT2D eigenvalue weighted by atomic mass is 9.68. The summed E-state index contributed by atoms with van der Waals surface area (Å²) in [5.41, 5.74) is 1.05. The Morgan fingerprint density at radius 1 is 1.27 bits per heavy atom. The number of hydrogen-bond donors (Lipinski definition) is 0. The molecule has 0 spiro atoms. The highest BCUT2D eigenvalue weighted by Crippen LogP contribution is 2.42. The topological polar surface area (TPSA) is 17.1 Å². The van der Waals surface area contributed by atoms with Crippen LogP contribution in [0.4, 0.5) is 0 Å². The maximum Gasteiger partial charge on any atom is 0.126 e. The van der Waals surface area contributed by atoms with Crippen LogP contribution in [-0.2, 0) is 4.79 Å². The predicted octanol–water partition coefficient (Wildman–Crippen LogP) is 3.33. The van der Waals surface area contributed by atoms with E-state index >= 15 is 0 Å². The SMILES string of the molecule is C[C@]1(C=O)CC=CC[C@@H]1c1ccccc1. The maximum absolute atomic E-state index is 11.2. The van der Waals surface area contributed by atoms with Crippen molar-refractivity contribution in [3.05, 3.63) is 48.0 Å². The van der Waals surface area contributed by atoms with E-state index in [2.05, 4.69) is 31.2 Å². The lowest BCUT2D eigenvalue weighted by Crippen LogP contribution is -2.28. The van der Waals surface area contributed by atoms with Crippen LogP contribution in [0, 0.1) is 5.41 Å². The molecule has 1 aliphatic rings. The summed E-state index contributed by atoms with van der Waals surface area (Å²) >= 11 is 0. The molecule has 0 unspecified atom stereocenters. The van der Waals surface area contributed by atoms with Crippen molar-refractivity contribution >= 4 is 6.29 Å². The number of hydrogen-bond acceptors (Lipinski definition) is 1. The zero-order valence-corrected chi connectivity index (χ0v) is 9.02. The summed E-state index contributed by atoms with van der Waals surface area (Å²) < 4.78 is 0. The summed E-state index contributed by atoms with van der Waals surface area (Å²) in [4.78, 5) is 11.2. The number of carbonyl (C=O) groups is 1. The maximum atomic E-state index is 11.2. The molecule has 0 bridgehead atoms. The molecule has 0 aromatic heterocycles. The lowest BCUT2D eigenvalue weighted by Gasteiger charge is -2.34. The highest BCUT2D eigenvalue weighted by molar-refractivity contribution is 5.62. The average Bonchev–Trinajstić information content (AvgIpc) is 2.31. The molecular formula is C14H16O. The van der Waals surface area contributed by atoms with Crippen LogP contribution in [0.1, 0.15) is 31.2 Å². The molecule has 15 heavy (non-hydrogen) atoms. The van der Waals surface area contributed by atoms with Gasteiger partial charge in [-0.2, -0.15) is 0 Å². The standard InChI is InChI=1S/C14H16O/c1-14(11-15)10-6-5-9-13(14)12-7-3-2-4-8-12/h2-8,11,13H,9-10H2,1H3/t13-,14-/m1/s1. The highest BCUT2D eigenvalue weighted by Gasteiger charge is 2.35. The van der Waals surface area contributed by atoms with Gasteiger partial charge in [-0.1, -0.05) is 49.4 Å². The molecule has 0 radical (unpaired) electrons. The molecule has 0 saturated carbocycles.